The molecule has 1 aromatic carbocycles. The van der Waals surface area contributed by atoms with Crippen LogP contribution in [0.5, 0.6) is 0 Å². The lowest BCUT2D eigenvalue weighted by Gasteiger charge is -2.10. The van der Waals surface area contributed by atoms with Gasteiger partial charge in [0, 0.05) is 11.6 Å². The number of nitrogens with zero attached hydrogens (tertiary/aromatic N) is 4. The first kappa shape index (κ1) is 15.7. The minimum absolute atomic E-state index is 0.108. The molecule has 0 fully saturated rings. The van der Waals surface area contributed by atoms with Crippen molar-refractivity contribution < 1.29 is 4.79 Å². The topological polar surface area (TPSA) is 72.7 Å². The SMILES string of the molecule is CCc1ccccc1-n1cnnc1SCC(=O)Nc1nccs1. The normalized spacial score (nSPS) is 10.7. The molecule has 3 rings (SSSR count). The lowest BCUT2D eigenvalue weighted by atomic mass is 10.1. The zero-order valence-electron chi connectivity index (χ0n) is 12.5. The molecule has 0 aliphatic carbocycles. The average molecular weight is 345 g/mol. The van der Waals surface area contributed by atoms with E-state index in [1.165, 1.54) is 28.7 Å². The van der Waals surface area contributed by atoms with Gasteiger partial charge >= 0.3 is 0 Å². The Bertz CT molecular complexity index is 785. The second-order valence-corrected chi connectivity index (χ2v) is 6.48. The fourth-order valence-corrected chi connectivity index (χ4v) is 3.37. The smallest absolute Gasteiger partial charge is 0.236 e. The van der Waals surface area contributed by atoms with Crippen LogP contribution in [0.2, 0.25) is 0 Å². The van der Waals surface area contributed by atoms with Gasteiger partial charge in [0.1, 0.15) is 6.33 Å². The van der Waals surface area contributed by atoms with Crippen LogP contribution in [0.3, 0.4) is 0 Å². The molecule has 0 spiro atoms. The number of thiazole rings is 1. The Morgan fingerprint density at radius 3 is 3.04 bits per heavy atom. The van der Waals surface area contributed by atoms with Crippen LogP contribution in [0.15, 0.2) is 47.3 Å². The summed E-state index contributed by atoms with van der Waals surface area (Å²) in [5, 5.41) is 14.0. The molecular weight excluding hydrogens is 330 g/mol. The van der Waals surface area contributed by atoms with Gasteiger partial charge in [-0.2, -0.15) is 0 Å². The number of thioether (sulfide) groups is 1. The lowest BCUT2D eigenvalue weighted by molar-refractivity contribution is -0.113. The highest BCUT2D eigenvalue weighted by Crippen LogP contribution is 2.22. The number of carbonyl (C=O) groups excluding carboxylic acids is 1. The van der Waals surface area contributed by atoms with Gasteiger partial charge in [0.15, 0.2) is 10.3 Å². The van der Waals surface area contributed by atoms with Crippen LogP contribution < -0.4 is 5.32 Å². The van der Waals surface area contributed by atoms with Crippen LogP contribution in [0, 0.1) is 0 Å². The molecule has 0 unspecified atom stereocenters. The van der Waals surface area contributed by atoms with Crippen LogP contribution in [0.25, 0.3) is 5.69 Å². The Morgan fingerprint density at radius 1 is 1.39 bits per heavy atom. The number of benzene rings is 1. The standard InChI is InChI=1S/C15H15N5OS2/c1-2-11-5-3-4-6-12(11)20-10-17-19-15(20)23-9-13(21)18-14-16-7-8-22-14/h3-8,10H,2,9H2,1H3,(H,16,18,21). The Labute approximate surface area is 142 Å². The van der Waals surface area contributed by atoms with E-state index in [4.69, 9.17) is 0 Å². The largest absolute Gasteiger partial charge is 0.301 e. The molecule has 2 heterocycles. The van der Waals surface area contributed by atoms with E-state index >= 15 is 0 Å². The van der Waals surface area contributed by atoms with Crippen LogP contribution in [-0.4, -0.2) is 31.4 Å². The van der Waals surface area contributed by atoms with E-state index in [1.54, 1.807) is 12.5 Å². The van der Waals surface area contributed by atoms with Crippen LogP contribution in [0.4, 0.5) is 5.13 Å². The summed E-state index contributed by atoms with van der Waals surface area (Å²) in [6.45, 7) is 2.11. The maximum absolute atomic E-state index is 12.0. The van der Waals surface area contributed by atoms with Crippen molar-refractivity contribution in [1.29, 1.82) is 0 Å². The molecule has 0 radical (unpaired) electrons. The Balaban J connectivity index is 1.70. The number of aryl methyl sites for hydroxylation is 1. The van der Waals surface area contributed by atoms with Crippen LogP contribution >= 0.6 is 23.1 Å². The van der Waals surface area contributed by atoms with Crippen molar-refractivity contribution in [3.8, 4) is 5.69 Å². The van der Waals surface area contributed by atoms with Gasteiger partial charge in [0.05, 0.1) is 11.4 Å². The van der Waals surface area contributed by atoms with Crippen LogP contribution in [0.1, 0.15) is 12.5 Å². The predicted molar refractivity (Wildman–Crippen MR) is 92.2 cm³/mol. The number of carbonyl (C=O) groups is 1. The van der Waals surface area contributed by atoms with Crippen LogP contribution in [-0.2, 0) is 11.2 Å². The Morgan fingerprint density at radius 2 is 2.26 bits per heavy atom. The molecule has 8 heteroatoms. The quantitative estimate of drug-likeness (QED) is 0.695. The van der Waals surface area contributed by atoms with Gasteiger partial charge in [-0.3, -0.25) is 9.36 Å². The van der Waals surface area contributed by atoms with Crippen molar-refractivity contribution >= 4 is 34.1 Å². The third kappa shape index (κ3) is 3.77. The van der Waals surface area contributed by atoms with Crippen molar-refractivity contribution in [2.24, 2.45) is 0 Å². The first-order valence-corrected chi connectivity index (χ1v) is 8.95. The second kappa shape index (κ2) is 7.38. The predicted octanol–water partition coefficient (Wildman–Crippen LogP) is 3.02. The van der Waals surface area contributed by atoms with Crippen molar-refractivity contribution in [2.45, 2.75) is 18.5 Å². The highest BCUT2D eigenvalue weighted by atomic mass is 32.2. The van der Waals surface area contributed by atoms with E-state index < -0.39 is 0 Å². The minimum Gasteiger partial charge on any atom is -0.301 e. The van der Waals surface area contributed by atoms with E-state index in [0.29, 0.717) is 10.3 Å². The molecule has 1 amide bonds. The summed E-state index contributed by atoms with van der Waals surface area (Å²) in [6, 6.07) is 8.11. The van der Waals surface area contributed by atoms with Gasteiger partial charge in [0.2, 0.25) is 5.91 Å². The maximum Gasteiger partial charge on any atom is 0.236 e. The Kier molecular flexibility index (Phi) is 5.04. The summed E-state index contributed by atoms with van der Waals surface area (Å²) in [5.74, 6) is 0.148. The molecule has 0 aliphatic rings. The summed E-state index contributed by atoms with van der Waals surface area (Å²) >= 11 is 2.75. The van der Waals surface area contributed by atoms with Gasteiger partial charge in [-0.25, -0.2) is 4.98 Å². The number of hydrogen-bond acceptors (Lipinski definition) is 6. The third-order valence-corrected chi connectivity index (χ3v) is 4.79. The first-order chi connectivity index (χ1) is 11.3. The maximum atomic E-state index is 12.0. The molecule has 23 heavy (non-hydrogen) atoms. The zero-order valence-corrected chi connectivity index (χ0v) is 14.1. The summed E-state index contributed by atoms with van der Waals surface area (Å²) in [7, 11) is 0. The van der Waals surface area contributed by atoms with Crippen molar-refractivity contribution in [3.63, 3.8) is 0 Å². The molecular formula is C15H15N5OS2. The minimum atomic E-state index is -0.108. The zero-order chi connectivity index (χ0) is 16.1. The van der Waals surface area contributed by atoms with E-state index in [9.17, 15) is 4.79 Å². The molecule has 0 saturated heterocycles. The van der Waals surface area contributed by atoms with Crippen molar-refractivity contribution in [2.75, 3.05) is 11.1 Å². The molecule has 2 aromatic heterocycles. The van der Waals surface area contributed by atoms with E-state index in [0.717, 1.165) is 12.1 Å². The molecule has 118 valence electrons. The van der Waals surface area contributed by atoms with E-state index in [-0.39, 0.29) is 11.7 Å². The number of amides is 1. The summed E-state index contributed by atoms with van der Waals surface area (Å²) in [6.07, 6.45) is 4.25. The number of nitrogens with one attached hydrogen (secondary N) is 1. The number of anilines is 1. The highest BCUT2D eigenvalue weighted by Gasteiger charge is 2.12. The molecule has 3 aromatic rings. The molecule has 1 N–H and O–H groups in total. The van der Waals surface area contributed by atoms with Crippen molar-refractivity contribution in [3.05, 3.63) is 47.7 Å². The second-order valence-electron chi connectivity index (χ2n) is 4.64. The third-order valence-electron chi connectivity index (χ3n) is 3.16. The Hall–Kier alpha value is -2.19. The molecule has 0 saturated carbocycles. The molecule has 0 atom stereocenters. The lowest BCUT2D eigenvalue weighted by Crippen LogP contribution is -2.14. The summed E-state index contributed by atoms with van der Waals surface area (Å²) < 4.78 is 1.92. The first-order valence-electron chi connectivity index (χ1n) is 7.08. The van der Waals surface area contributed by atoms with Crippen molar-refractivity contribution in [1.82, 2.24) is 19.7 Å². The van der Waals surface area contributed by atoms with E-state index in [2.05, 4.69) is 33.5 Å². The molecule has 0 aliphatic heterocycles. The average Bonchev–Trinajstić information content (AvgIpc) is 3.24. The van der Waals surface area contributed by atoms with Gasteiger partial charge in [0.25, 0.3) is 0 Å². The van der Waals surface area contributed by atoms with Gasteiger partial charge in [-0.05, 0) is 18.1 Å². The van der Waals surface area contributed by atoms with E-state index in [1.807, 2.05) is 28.1 Å². The fraction of sp³-hybridized carbons (Fsp3) is 0.200. The summed E-state index contributed by atoms with van der Waals surface area (Å²) in [4.78, 5) is 16.0. The highest BCUT2D eigenvalue weighted by molar-refractivity contribution is 7.99. The number of aromatic nitrogens is 4. The van der Waals surface area contributed by atoms with Gasteiger partial charge in [-0.1, -0.05) is 36.9 Å². The van der Waals surface area contributed by atoms with Gasteiger partial charge < -0.3 is 5.32 Å². The monoisotopic (exact) mass is 345 g/mol. The molecule has 6 nitrogen and oxygen atoms in total. The number of hydrogen-bond donors (Lipinski definition) is 1. The summed E-state index contributed by atoms with van der Waals surface area (Å²) in [5.41, 5.74) is 2.25. The fourth-order valence-electron chi connectivity index (χ4n) is 2.10. The number of rotatable bonds is 6. The molecule has 0 bridgehead atoms. The number of para-hydroxylation sites is 1. The van der Waals surface area contributed by atoms with Gasteiger partial charge in [-0.15, -0.1) is 21.5 Å².